The van der Waals surface area contributed by atoms with Crippen molar-refractivity contribution in [2.45, 2.75) is 51.5 Å². The maximum Gasteiger partial charge on any atom is 0.280 e. The lowest BCUT2D eigenvalue weighted by atomic mass is 9.99. The van der Waals surface area contributed by atoms with E-state index >= 15 is 0 Å². The van der Waals surface area contributed by atoms with Crippen molar-refractivity contribution in [2.24, 2.45) is 7.05 Å². The first-order chi connectivity index (χ1) is 20.5. The lowest BCUT2D eigenvalue weighted by Crippen LogP contribution is -2.29. The molecule has 0 atom stereocenters. The Morgan fingerprint density at radius 1 is 1.07 bits per heavy atom. The number of piperidine rings is 1. The Kier molecular flexibility index (Phi) is 6.85. The average Bonchev–Trinajstić information content (AvgIpc) is 3.60. The molecule has 10 heteroatoms. The van der Waals surface area contributed by atoms with Gasteiger partial charge in [0.25, 0.3) is 5.56 Å². The van der Waals surface area contributed by atoms with Crippen LogP contribution < -0.4 is 10.9 Å². The monoisotopic (exact) mass is 566 g/mol. The molecule has 7 rings (SSSR count). The van der Waals surface area contributed by atoms with Crippen LogP contribution in [0.3, 0.4) is 0 Å². The molecule has 0 bridgehead atoms. The number of rotatable bonds is 8. The third-order valence-electron chi connectivity index (χ3n) is 8.41. The Balaban J connectivity index is 1.37. The Bertz CT molecular complexity index is 1830. The second-order valence-corrected chi connectivity index (χ2v) is 11.5. The number of aromatic amines is 1. The van der Waals surface area contributed by atoms with Gasteiger partial charge in [-0.1, -0.05) is 12.5 Å². The van der Waals surface area contributed by atoms with Gasteiger partial charge in [-0.3, -0.25) is 14.3 Å². The zero-order chi connectivity index (χ0) is 28.8. The number of nitrogens with zero attached hydrogens (tertiary/aromatic N) is 6. The van der Waals surface area contributed by atoms with E-state index < -0.39 is 0 Å². The van der Waals surface area contributed by atoms with Crippen molar-refractivity contribution in [1.82, 2.24) is 34.2 Å². The van der Waals surface area contributed by atoms with E-state index in [9.17, 15) is 9.18 Å². The molecule has 0 spiro atoms. The molecule has 9 nitrogen and oxygen atoms in total. The number of hydrogen-bond acceptors (Lipinski definition) is 6. The van der Waals surface area contributed by atoms with E-state index in [2.05, 4.69) is 31.5 Å². The average molecular weight is 567 g/mol. The van der Waals surface area contributed by atoms with Gasteiger partial charge in [-0.25, -0.2) is 9.37 Å². The summed E-state index contributed by atoms with van der Waals surface area (Å²) in [4.78, 5) is 24.9. The summed E-state index contributed by atoms with van der Waals surface area (Å²) in [6, 6.07) is 10.7. The third-order valence-corrected chi connectivity index (χ3v) is 8.41. The van der Waals surface area contributed by atoms with Crippen molar-refractivity contribution in [3.8, 4) is 28.3 Å². The smallest absolute Gasteiger partial charge is 0.280 e. The van der Waals surface area contributed by atoms with Crippen LogP contribution in [0.5, 0.6) is 0 Å². The van der Waals surface area contributed by atoms with Crippen molar-refractivity contribution < 1.29 is 4.39 Å². The van der Waals surface area contributed by atoms with Gasteiger partial charge in [-0.15, -0.1) is 10.2 Å². The van der Waals surface area contributed by atoms with Crippen molar-refractivity contribution in [3.05, 3.63) is 76.4 Å². The number of hydrogen-bond donors (Lipinski definition) is 2. The lowest BCUT2D eigenvalue weighted by Gasteiger charge is -2.25. The molecule has 5 aromatic rings. The summed E-state index contributed by atoms with van der Waals surface area (Å²) in [5, 5.41) is 12.6. The SMILES string of the molecule is CCNc1cc(-c2ccc(F)cc2-c2nncn2C)cc(-n2cc(C3CC3)c3cc(CN4CCCCC4)[nH]c3c2=O)n1. The van der Waals surface area contributed by atoms with E-state index in [1.54, 1.807) is 21.5 Å². The van der Waals surface area contributed by atoms with E-state index in [0.29, 0.717) is 41.0 Å². The second-order valence-electron chi connectivity index (χ2n) is 11.5. The van der Waals surface area contributed by atoms with Crippen LogP contribution in [0.25, 0.3) is 39.2 Å². The van der Waals surface area contributed by atoms with Gasteiger partial charge in [0.05, 0.1) is 0 Å². The molecule has 1 aliphatic carbocycles. The highest BCUT2D eigenvalue weighted by Crippen LogP contribution is 2.43. The van der Waals surface area contributed by atoms with Crippen LogP contribution in [0, 0.1) is 5.82 Å². The molecule has 1 saturated heterocycles. The Morgan fingerprint density at radius 2 is 1.90 bits per heavy atom. The zero-order valence-corrected chi connectivity index (χ0v) is 24.0. The lowest BCUT2D eigenvalue weighted by molar-refractivity contribution is 0.219. The Morgan fingerprint density at radius 3 is 2.64 bits per heavy atom. The first kappa shape index (κ1) is 26.6. The second kappa shape index (κ2) is 10.8. The first-order valence-corrected chi connectivity index (χ1v) is 14.9. The van der Waals surface area contributed by atoms with Crippen molar-refractivity contribution in [1.29, 1.82) is 0 Å². The molecule has 1 aliphatic heterocycles. The molecule has 4 aromatic heterocycles. The van der Waals surface area contributed by atoms with Crippen molar-refractivity contribution in [3.63, 3.8) is 0 Å². The zero-order valence-electron chi connectivity index (χ0n) is 24.0. The van der Waals surface area contributed by atoms with Gasteiger partial charge in [0.1, 0.15) is 29.3 Å². The van der Waals surface area contributed by atoms with Gasteiger partial charge >= 0.3 is 0 Å². The van der Waals surface area contributed by atoms with Gasteiger partial charge in [0, 0.05) is 43.0 Å². The number of aryl methyl sites for hydroxylation is 1. The number of halogens is 1. The molecule has 5 heterocycles. The van der Waals surface area contributed by atoms with Gasteiger partial charge in [-0.05, 0) is 98.6 Å². The van der Waals surface area contributed by atoms with Crippen molar-refractivity contribution >= 4 is 16.7 Å². The number of benzene rings is 1. The standard InChI is InChI=1S/C32H35FN8O/c1-3-34-28-13-21(24-10-9-22(33)15-26(24)31-38-35-19-39(31)2)14-29(37-28)41-18-27(20-7-8-20)25-16-23(36-30(25)32(41)42)17-40-11-5-4-6-12-40/h9-10,13-16,18-20,36H,3-8,11-12,17H2,1-2H3,(H,34,37). The summed E-state index contributed by atoms with van der Waals surface area (Å²) in [6.07, 6.45) is 9.55. The van der Waals surface area contributed by atoms with Crippen LogP contribution >= 0.6 is 0 Å². The summed E-state index contributed by atoms with van der Waals surface area (Å²) >= 11 is 0. The highest BCUT2D eigenvalue weighted by molar-refractivity contribution is 5.85. The maximum atomic E-state index is 14.5. The predicted octanol–water partition coefficient (Wildman–Crippen LogP) is 5.61. The number of likely N-dealkylation sites (tertiary alicyclic amines) is 1. The molecule has 2 N–H and O–H groups in total. The van der Waals surface area contributed by atoms with Crippen LogP contribution in [0.1, 0.15) is 56.2 Å². The number of nitrogens with one attached hydrogen (secondary N) is 2. The number of fused-ring (bicyclic) bond motifs is 1. The van der Waals surface area contributed by atoms with Gasteiger partial charge < -0.3 is 14.9 Å². The molecule has 0 radical (unpaired) electrons. The fraction of sp³-hybridized carbons (Fsp3) is 0.375. The molecule has 216 valence electrons. The van der Waals surface area contributed by atoms with Crippen molar-refractivity contribution in [2.75, 3.05) is 25.0 Å². The molecule has 42 heavy (non-hydrogen) atoms. The summed E-state index contributed by atoms with van der Waals surface area (Å²) in [5.41, 5.74) is 4.96. The van der Waals surface area contributed by atoms with E-state index in [1.807, 2.05) is 32.3 Å². The topological polar surface area (TPSA) is 96.7 Å². The van der Waals surface area contributed by atoms with Crippen LogP contribution in [0.4, 0.5) is 10.2 Å². The van der Waals surface area contributed by atoms with E-state index in [1.165, 1.54) is 37.0 Å². The Labute approximate surface area is 243 Å². The summed E-state index contributed by atoms with van der Waals surface area (Å²) in [5.74, 6) is 1.78. The molecule has 2 fully saturated rings. The first-order valence-electron chi connectivity index (χ1n) is 14.9. The molecule has 0 amide bonds. The minimum atomic E-state index is -0.360. The molecule has 1 saturated carbocycles. The molecular weight excluding hydrogens is 531 g/mol. The molecule has 1 aromatic carbocycles. The normalized spacial score (nSPS) is 15.9. The summed E-state index contributed by atoms with van der Waals surface area (Å²) in [6.45, 7) is 5.68. The van der Waals surface area contributed by atoms with E-state index in [-0.39, 0.29) is 11.4 Å². The summed E-state index contributed by atoms with van der Waals surface area (Å²) < 4.78 is 17.9. The van der Waals surface area contributed by atoms with Gasteiger partial charge in [0.2, 0.25) is 0 Å². The minimum absolute atomic E-state index is 0.126. The van der Waals surface area contributed by atoms with Crippen LogP contribution in [0.15, 0.2) is 53.7 Å². The largest absolute Gasteiger partial charge is 0.370 e. The quantitative estimate of drug-likeness (QED) is 0.254. The number of aromatic nitrogens is 6. The number of H-pyrrole nitrogens is 1. The van der Waals surface area contributed by atoms with Gasteiger partial charge in [-0.2, -0.15) is 0 Å². The number of anilines is 1. The molecule has 2 aliphatic rings. The van der Waals surface area contributed by atoms with E-state index in [0.717, 1.165) is 54.7 Å². The molecular formula is C32H35FN8O. The fourth-order valence-electron chi connectivity index (χ4n) is 6.17. The third kappa shape index (κ3) is 5.00. The minimum Gasteiger partial charge on any atom is -0.370 e. The predicted molar refractivity (Wildman–Crippen MR) is 162 cm³/mol. The Hall–Kier alpha value is -4.31. The summed E-state index contributed by atoms with van der Waals surface area (Å²) in [7, 11) is 1.83. The molecule has 0 unspecified atom stereocenters. The van der Waals surface area contributed by atoms with Crippen LogP contribution in [-0.4, -0.2) is 53.8 Å². The van der Waals surface area contributed by atoms with E-state index in [4.69, 9.17) is 4.98 Å². The van der Waals surface area contributed by atoms with Crippen LogP contribution in [0.2, 0.25) is 0 Å². The van der Waals surface area contributed by atoms with Gasteiger partial charge in [0.15, 0.2) is 5.82 Å². The highest BCUT2D eigenvalue weighted by Gasteiger charge is 2.28. The number of pyridine rings is 2. The fourth-order valence-corrected chi connectivity index (χ4v) is 6.17. The maximum absolute atomic E-state index is 14.5. The van der Waals surface area contributed by atoms with Crippen LogP contribution in [-0.2, 0) is 13.6 Å². The highest BCUT2D eigenvalue weighted by atomic mass is 19.1.